The van der Waals surface area contributed by atoms with Crippen LogP contribution in [0.5, 0.6) is 0 Å². The first kappa shape index (κ1) is 36.5. The van der Waals surface area contributed by atoms with Crippen LogP contribution in [-0.2, 0) is 0 Å². The molecule has 0 saturated heterocycles. The van der Waals surface area contributed by atoms with Crippen molar-refractivity contribution in [1.82, 2.24) is 39.9 Å². The van der Waals surface area contributed by atoms with E-state index in [2.05, 4.69) is 70.6 Å². The Balaban J connectivity index is 1.47. The second-order valence-electron chi connectivity index (χ2n) is 14.7. The van der Waals surface area contributed by atoms with Gasteiger partial charge in [0, 0.05) is 118 Å². The van der Waals surface area contributed by atoms with Gasteiger partial charge in [-0.2, -0.15) is 0 Å². The van der Waals surface area contributed by atoms with Crippen molar-refractivity contribution in [2.75, 3.05) is 0 Å². The van der Waals surface area contributed by atoms with Crippen LogP contribution >= 0.6 is 0 Å². The molecule has 0 bridgehead atoms. The van der Waals surface area contributed by atoms with E-state index in [-0.39, 0.29) is 0 Å². The number of hydrogen-bond donors (Lipinski definition) is 0. The Morgan fingerprint density at radius 1 is 0.226 bits per heavy atom. The van der Waals surface area contributed by atoms with Crippen LogP contribution in [0, 0.1) is 0 Å². The van der Waals surface area contributed by atoms with Gasteiger partial charge in [-0.1, -0.05) is 48.5 Å². The summed E-state index contributed by atoms with van der Waals surface area (Å²) in [6, 6.07) is 49.1. The van der Waals surface area contributed by atoms with Crippen LogP contribution in [-0.4, -0.2) is 39.9 Å². The van der Waals surface area contributed by atoms with Gasteiger partial charge in [0.15, 0.2) is 0 Å². The minimum atomic E-state index is 0.788. The number of hydrogen-bond acceptors (Lipinski definition) is 8. The highest BCUT2D eigenvalue weighted by molar-refractivity contribution is 6.25. The SMILES string of the molecule is c1ccc(-c2c(-c3ccccn3)c(-c3cccnc3)c3cc4c(-c5ccccn5)c(-c5ccccn5)c(-c5ccccn5)c(-c5ccccn5)c4cc3c2-c2cccnc2)nc1. The fraction of sp³-hybridized carbons (Fsp3) is 0. The maximum Gasteiger partial charge on any atom is 0.0716 e. The third-order valence-corrected chi connectivity index (χ3v) is 11.2. The zero-order valence-corrected chi connectivity index (χ0v) is 33.2. The number of pyridine rings is 8. The van der Waals surface area contributed by atoms with E-state index < -0.39 is 0 Å². The maximum absolute atomic E-state index is 5.07. The van der Waals surface area contributed by atoms with Gasteiger partial charge in [-0.15, -0.1) is 0 Å². The summed E-state index contributed by atoms with van der Waals surface area (Å²) in [7, 11) is 0. The minimum absolute atomic E-state index is 0.788. The highest BCUT2D eigenvalue weighted by atomic mass is 14.7. The Labute approximate surface area is 357 Å². The van der Waals surface area contributed by atoms with E-state index in [0.717, 1.165) is 111 Å². The fourth-order valence-electron chi connectivity index (χ4n) is 8.71. The Morgan fingerprint density at radius 2 is 0.500 bits per heavy atom. The summed E-state index contributed by atoms with van der Waals surface area (Å²) in [5, 5.41) is 3.92. The molecule has 8 heteroatoms. The second-order valence-corrected chi connectivity index (χ2v) is 14.7. The molecular weight excluding hydrogens is 761 g/mol. The lowest BCUT2D eigenvalue weighted by Crippen LogP contribution is -2.03. The molecule has 0 fully saturated rings. The van der Waals surface area contributed by atoms with Crippen molar-refractivity contribution in [3.8, 4) is 89.8 Å². The van der Waals surface area contributed by atoms with Gasteiger partial charge < -0.3 is 0 Å². The first-order valence-corrected chi connectivity index (χ1v) is 20.3. The van der Waals surface area contributed by atoms with Crippen molar-refractivity contribution in [2.45, 2.75) is 0 Å². The molecule has 11 aromatic rings. The van der Waals surface area contributed by atoms with Gasteiger partial charge in [0.25, 0.3) is 0 Å². The monoisotopic (exact) mass is 794 g/mol. The van der Waals surface area contributed by atoms with E-state index >= 15 is 0 Å². The molecule has 11 rings (SSSR count). The molecule has 0 aliphatic heterocycles. The standard InChI is InChI=1S/C54H34N8/c1-7-25-57-41(17-1)49-39-31-37-38(32-40(39)50(42-18-2-8-26-58-42)54(46-22-6-12-30-62-46)53(49)45-21-5-11-29-61-45)48(36-16-14-24-56-34-36)52(44-20-4-10-28-60-44)51(43-19-3-9-27-59-43)47(37)35-15-13-23-55-33-35/h1-34H. The Bertz CT molecular complexity index is 2890. The fourth-order valence-corrected chi connectivity index (χ4v) is 8.71. The van der Waals surface area contributed by atoms with E-state index in [4.69, 9.17) is 29.9 Å². The lowest BCUT2D eigenvalue weighted by atomic mass is 9.78. The van der Waals surface area contributed by atoms with Crippen LogP contribution in [0.3, 0.4) is 0 Å². The largest absolute Gasteiger partial charge is 0.264 e. The molecule has 8 aromatic heterocycles. The van der Waals surface area contributed by atoms with Crippen LogP contribution < -0.4 is 0 Å². The molecule has 0 spiro atoms. The number of nitrogens with zero attached hydrogens (tertiary/aromatic N) is 8. The van der Waals surface area contributed by atoms with Crippen molar-refractivity contribution >= 4 is 21.5 Å². The molecule has 0 unspecified atom stereocenters. The van der Waals surface area contributed by atoms with Crippen LogP contribution in [0.1, 0.15) is 0 Å². The Hall–Kier alpha value is -8.62. The van der Waals surface area contributed by atoms with E-state index in [1.54, 1.807) is 0 Å². The summed E-state index contributed by atoms with van der Waals surface area (Å²) < 4.78 is 0. The summed E-state index contributed by atoms with van der Waals surface area (Å²) in [4.78, 5) is 39.7. The molecule has 290 valence electrons. The minimum Gasteiger partial charge on any atom is -0.264 e. The summed E-state index contributed by atoms with van der Waals surface area (Å²) >= 11 is 0. The van der Waals surface area contributed by atoms with Crippen molar-refractivity contribution in [3.05, 3.63) is 208 Å². The molecule has 3 aromatic carbocycles. The molecule has 8 heterocycles. The summed E-state index contributed by atoms with van der Waals surface area (Å²) in [5.74, 6) is 0. The predicted octanol–water partition coefficient (Wildman–Crippen LogP) is 12.5. The topological polar surface area (TPSA) is 103 Å². The lowest BCUT2D eigenvalue weighted by Gasteiger charge is -2.26. The molecule has 0 amide bonds. The van der Waals surface area contributed by atoms with Crippen LogP contribution in [0.15, 0.2) is 208 Å². The van der Waals surface area contributed by atoms with Gasteiger partial charge in [0.1, 0.15) is 0 Å². The zero-order chi connectivity index (χ0) is 41.2. The summed E-state index contributed by atoms with van der Waals surface area (Å²) in [5.41, 5.74) is 14.1. The Morgan fingerprint density at radius 3 is 0.758 bits per heavy atom. The third-order valence-electron chi connectivity index (χ3n) is 11.2. The molecule has 0 radical (unpaired) electrons. The van der Waals surface area contributed by atoms with Gasteiger partial charge in [-0.3, -0.25) is 39.9 Å². The van der Waals surface area contributed by atoms with Crippen molar-refractivity contribution in [1.29, 1.82) is 0 Å². The van der Waals surface area contributed by atoms with Crippen LogP contribution in [0.25, 0.3) is 111 Å². The van der Waals surface area contributed by atoms with Gasteiger partial charge in [-0.05, 0) is 119 Å². The summed E-state index contributed by atoms with van der Waals surface area (Å²) in [6.07, 6.45) is 18.5. The van der Waals surface area contributed by atoms with Crippen molar-refractivity contribution in [2.24, 2.45) is 0 Å². The second kappa shape index (κ2) is 15.9. The van der Waals surface area contributed by atoms with E-state index in [9.17, 15) is 0 Å². The van der Waals surface area contributed by atoms with Gasteiger partial charge in [0.2, 0.25) is 0 Å². The number of aromatic nitrogens is 8. The molecule has 0 saturated carbocycles. The molecule has 0 N–H and O–H groups in total. The van der Waals surface area contributed by atoms with E-state index in [1.165, 1.54) is 0 Å². The number of rotatable bonds is 8. The Kier molecular flexibility index (Phi) is 9.33. The normalized spacial score (nSPS) is 11.2. The summed E-state index contributed by atoms with van der Waals surface area (Å²) in [6.45, 7) is 0. The van der Waals surface area contributed by atoms with Crippen LogP contribution in [0.2, 0.25) is 0 Å². The lowest BCUT2D eigenvalue weighted by molar-refractivity contribution is 1.28. The predicted molar refractivity (Wildman–Crippen MR) is 247 cm³/mol. The molecule has 0 atom stereocenters. The first-order valence-electron chi connectivity index (χ1n) is 20.3. The maximum atomic E-state index is 5.07. The average Bonchev–Trinajstić information content (AvgIpc) is 3.36. The number of benzene rings is 3. The highest BCUT2D eigenvalue weighted by Gasteiger charge is 2.30. The first-order chi connectivity index (χ1) is 30.8. The molecule has 0 aliphatic rings. The van der Waals surface area contributed by atoms with Gasteiger partial charge >= 0.3 is 0 Å². The average molecular weight is 795 g/mol. The van der Waals surface area contributed by atoms with E-state index in [0.29, 0.717) is 0 Å². The molecule has 62 heavy (non-hydrogen) atoms. The van der Waals surface area contributed by atoms with Gasteiger partial charge in [-0.25, -0.2) is 0 Å². The van der Waals surface area contributed by atoms with Crippen molar-refractivity contribution in [3.63, 3.8) is 0 Å². The van der Waals surface area contributed by atoms with Crippen molar-refractivity contribution < 1.29 is 0 Å². The third kappa shape index (κ3) is 6.34. The smallest absolute Gasteiger partial charge is 0.0716 e. The molecule has 8 nitrogen and oxygen atoms in total. The molecular formula is C54H34N8. The zero-order valence-electron chi connectivity index (χ0n) is 33.2. The van der Waals surface area contributed by atoms with Gasteiger partial charge in [0.05, 0.1) is 34.2 Å². The van der Waals surface area contributed by atoms with E-state index in [1.807, 2.05) is 147 Å². The number of fused-ring (bicyclic) bond motifs is 2. The van der Waals surface area contributed by atoms with Crippen LogP contribution in [0.4, 0.5) is 0 Å². The molecule has 0 aliphatic carbocycles. The highest BCUT2D eigenvalue weighted by Crippen LogP contribution is 2.54. The quantitative estimate of drug-likeness (QED) is 0.140.